The van der Waals surface area contributed by atoms with E-state index in [1.807, 2.05) is 6.92 Å². The first-order chi connectivity index (χ1) is 11.5. The molecule has 3 rings (SSSR count). The van der Waals surface area contributed by atoms with Crippen LogP contribution in [0.5, 0.6) is 5.75 Å². The number of aryl methyl sites for hydroxylation is 1. The van der Waals surface area contributed by atoms with Gasteiger partial charge in [-0.2, -0.15) is 4.98 Å². The second-order valence-corrected chi connectivity index (χ2v) is 6.02. The van der Waals surface area contributed by atoms with Crippen molar-refractivity contribution in [1.29, 1.82) is 0 Å². The van der Waals surface area contributed by atoms with E-state index >= 15 is 0 Å². The topological polar surface area (TPSA) is 80.0 Å². The minimum Gasteiger partial charge on any atom is -0.505 e. The van der Waals surface area contributed by atoms with Gasteiger partial charge in [0.15, 0.2) is 5.75 Å². The monoisotopic (exact) mass is 364 g/mol. The van der Waals surface area contributed by atoms with Gasteiger partial charge in [0.1, 0.15) is 5.65 Å². The second-order valence-electron chi connectivity index (χ2n) is 5.21. The molecule has 0 spiro atoms. The van der Waals surface area contributed by atoms with Gasteiger partial charge in [-0.25, -0.2) is 4.98 Å². The predicted octanol–water partition coefficient (Wildman–Crippen LogP) is 3.96. The number of phenolic OH excluding ortho intramolecular Hbond substituents is 1. The van der Waals surface area contributed by atoms with E-state index in [1.54, 1.807) is 16.8 Å². The third-order valence-corrected chi connectivity index (χ3v) is 4.02. The summed E-state index contributed by atoms with van der Waals surface area (Å²) in [6, 6.07) is 6.23. The van der Waals surface area contributed by atoms with Crippen LogP contribution in [0.25, 0.3) is 11.0 Å². The Balaban J connectivity index is 2.04. The molecule has 0 atom stereocenters. The lowest BCUT2D eigenvalue weighted by atomic mass is 10.3. The van der Waals surface area contributed by atoms with Crippen molar-refractivity contribution in [3.8, 4) is 5.75 Å². The molecule has 2 aromatic heterocycles. The van der Waals surface area contributed by atoms with Gasteiger partial charge in [-0.3, -0.25) is 9.36 Å². The van der Waals surface area contributed by atoms with Gasteiger partial charge in [-0.1, -0.05) is 30.1 Å². The number of fused-ring (bicyclic) bond motifs is 1. The van der Waals surface area contributed by atoms with E-state index in [-0.39, 0.29) is 21.4 Å². The lowest BCUT2D eigenvalue weighted by molar-refractivity contribution is 0.476. The van der Waals surface area contributed by atoms with Gasteiger partial charge < -0.3 is 10.4 Å². The molecule has 0 aliphatic carbocycles. The molecular formula is C16H14Cl2N4O2. The van der Waals surface area contributed by atoms with E-state index < -0.39 is 0 Å². The number of phenols is 1. The summed E-state index contributed by atoms with van der Waals surface area (Å²) in [5.41, 5.74) is 0.977. The normalized spacial score (nSPS) is 11.0. The van der Waals surface area contributed by atoms with Crippen LogP contribution in [0.3, 0.4) is 0 Å². The number of benzene rings is 1. The van der Waals surface area contributed by atoms with Gasteiger partial charge in [-0.15, -0.1) is 0 Å². The van der Waals surface area contributed by atoms with Crippen molar-refractivity contribution in [3.05, 3.63) is 50.9 Å². The molecule has 2 heterocycles. The Morgan fingerprint density at radius 3 is 2.62 bits per heavy atom. The molecule has 0 aliphatic heterocycles. The maximum atomic E-state index is 12.0. The van der Waals surface area contributed by atoms with Crippen LogP contribution >= 0.6 is 23.2 Å². The Morgan fingerprint density at radius 2 is 1.96 bits per heavy atom. The second kappa shape index (κ2) is 6.67. The van der Waals surface area contributed by atoms with Crippen LogP contribution in [-0.2, 0) is 6.54 Å². The Kier molecular flexibility index (Phi) is 4.59. The predicted molar refractivity (Wildman–Crippen MR) is 95.5 cm³/mol. The fraction of sp³-hybridized carbons (Fsp3) is 0.188. The summed E-state index contributed by atoms with van der Waals surface area (Å²) in [4.78, 5) is 20.7. The van der Waals surface area contributed by atoms with Crippen molar-refractivity contribution in [2.24, 2.45) is 0 Å². The fourth-order valence-corrected chi connectivity index (χ4v) is 2.83. The molecular weight excluding hydrogens is 351 g/mol. The highest BCUT2D eigenvalue weighted by Crippen LogP contribution is 2.35. The third kappa shape index (κ3) is 3.16. The zero-order valence-corrected chi connectivity index (χ0v) is 14.3. The van der Waals surface area contributed by atoms with Gasteiger partial charge >= 0.3 is 0 Å². The quantitative estimate of drug-likeness (QED) is 0.684. The number of halogens is 2. The summed E-state index contributed by atoms with van der Waals surface area (Å²) in [6.07, 6.45) is 2.45. The van der Waals surface area contributed by atoms with E-state index in [4.69, 9.17) is 23.2 Å². The smallest absolute Gasteiger partial charge is 0.252 e. The molecule has 2 N–H and O–H groups in total. The average Bonchev–Trinajstić information content (AvgIpc) is 2.55. The fourth-order valence-electron chi connectivity index (χ4n) is 2.34. The number of rotatable bonds is 4. The van der Waals surface area contributed by atoms with Crippen LogP contribution < -0.4 is 10.9 Å². The Morgan fingerprint density at radius 1 is 1.25 bits per heavy atom. The van der Waals surface area contributed by atoms with Crippen LogP contribution in [0, 0.1) is 0 Å². The molecule has 0 amide bonds. The summed E-state index contributed by atoms with van der Waals surface area (Å²) in [5, 5.41) is 13.6. The van der Waals surface area contributed by atoms with Crippen molar-refractivity contribution >= 4 is 45.9 Å². The maximum Gasteiger partial charge on any atom is 0.252 e. The van der Waals surface area contributed by atoms with E-state index in [2.05, 4.69) is 15.3 Å². The molecule has 0 fully saturated rings. The molecule has 0 saturated heterocycles. The molecule has 0 bridgehead atoms. The maximum absolute atomic E-state index is 12.0. The van der Waals surface area contributed by atoms with Crippen molar-refractivity contribution < 1.29 is 5.11 Å². The highest BCUT2D eigenvalue weighted by atomic mass is 35.5. The summed E-state index contributed by atoms with van der Waals surface area (Å²) >= 11 is 11.8. The minimum absolute atomic E-state index is 0.107. The molecule has 0 aliphatic rings. The molecule has 0 unspecified atom stereocenters. The van der Waals surface area contributed by atoms with Gasteiger partial charge in [0, 0.05) is 29.9 Å². The highest BCUT2D eigenvalue weighted by molar-refractivity contribution is 6.37. The van der Waals surface area contributed by atoms with Crippen LogP contribution in [-0.4, -0.2) is 19.6 Å². The molecule has 1 aromatic carbocycles. The third-order valence-electron chi connectivity index (χ3n) is 3.44. The number of pyridine rings is 1. The summed E-state index contributed by atoms with van der Waals surface area (Å²) in [5.74, 6) is 0.121. The van der Waals surface area contributed by atoms with E-state index in [0.29, 0.717) is 23.8 Å². The van der Waals surface area contributed by atoms with Crippen LogP contribution in [0.1, 0.15) is 13.3 Å². The summed E-state index contributed by atoms with van der Waals surface area (Å²) in [7, 11) is 0. The molecule has 0 radical (unpaired) electrons. The Bertz CT molecular complexity index is 949. The van der Waals surface area contributed by atoms with E-state index in [1.165, 1.54) is 18.2 Å². The Hall–Kier alpha value is -2.31. The SMILES string of the molecule is CCCn1c(=O)ccc2cnc(Nc3cc(Cl)c(O)c(Cl)c3)nc21. The molecule has 3 aromatic rings. The molecule has 24 heavy (non-hydrogen) atoms. The Labute approximate surface area is 147 Å². The lowest BCUT2D eigenvalue weighted by Gasteiger charge is -2.11. The zero-order valence-electron chi connectivity index (χ0n) is 12.8. The number of hydrogen-bond donors (Lipinski definition) is 2. The number of aromatic hydroxyl groups is 1. The van der Waals surface area contributed by atoms with Crippen molar-refractivity contribution in [1.82, 2.24) is 14.5 Å². The highest BCUT2D eigenvalue weighted by Gasteiger charge is 2.10. The zero-order chi connectivity index (χ0) is 17.3. The van der Waals surface area contributed by atoms with Crippen molar-refractivity contribution in [2.45, 2.75) is 19.9 Å². The van der Waals surface area contributed by atoms with Crippen molar-refractivity contribution in [2.75, 3.05) is 5.32 Å². The number of nitrogens with zero attached hydrogens (tertiary/aromatic N) is 3. The van der Waals surface area contributed by atoms with Gasteiger partial charge in [0.25, 0.3) is 5.56 Å². The number of hydrogen-bond acceptors (Lipinski definition) is 5. The van der Waals surface area contributed by atoms with Gasteiger partial charge in [0.05, 0.1) is 10.0 Å². The minimum atomic E-state index is -0.180. The number of nitrogens with one attached hydrogen (secondary N) is 1. The molecule has 6 nitrogen and oxygen atoms in total. The first kappa shape index (κ1) is 16.5. The first-order valence-corrected chi connectivity index (χ1v) is 8.07. The molecule has 8 heteroatoms. The number of anilines is 2. The van der Waals surface area contributed by atoms with Crippen molar-refractivity contribution in [3.63, 3.8) is 0 Å². The average molecular weight is 365 g/mol. The largest absolute Gasteiger partial charge is 0.505 e. The van der Waals surface area contributed by atoms with Gasteiger partial charge in [0.2, 0.25) is 5.95 Å². The summed E-state index contributed by atoms with van der Waals surface area (Å²) < 4.78 is 1.61. The van der Waals surface area contributed by atoms with Crippen LogP contribution in [0.2, 0.25) is 10.0 Å². The van der Waals surface area contributed by atoms with E-state index in [0.717, 1.165) is 11.8 Å². The lowest BCUT2D eigenvalue weighted by Crippen LogP contribution is -2.20. The number of aromatic nitrogens is 3. The molecule has 0 saturated carbocycles. The van der Waals surface area contributed by atoms with Crippen LogP contribution in [0.15, 0.2) is 35.3 Å². The summed E-state index contributed by atoms with van der Waals surface area (Å²) in [6.45, 7) is 2.57. The standard InChI is InChI=1S/C16H14Cl2N4O2/c1-2-5-22-13(23)4-3-9-8-19-16(21-15(9)22)20-10-6-11(17)14(24)12(18)7-10/h3-4,6-8,24H,2,5H2,1H3,(H,19,20,21). The molecule has 124 valence electrons. The van der Waals surface area contributed by atoms with Gasteiger partial charge in [-0.05, 0) is 24.6 Å². The first-order valence-electron chi connectivity index (χ1n) is 7.31. The van der Waals surface area contributed by atoms with Crippen LogP contribution in [0.4, 0.5) is 11.6 Å². The van der Waals surface area contributed by atoms with E-state index in [9.17, 15) is 9.90 Å².